The van der Waals surface area contributed by atoms with Gasteiger partial charge in [-0.25, -0.2) is 9.97 Å². The zero-order valence-electron chi connectivity index (χ0n) is 10.9. The van der Waals surface area contributed by atoms with Gasteiger partial charge in [-0.2, -0.15) is 9.97 Å². The Bertz CT molecular complexity index is 740. The first-order chi connectivity index (χ1) is 9.72. The molecule has 3 aromatic rings. The third kappa shape index (κ3) is 2.49. The van der Waals surface area contributed by atoms with Crippen molar-refractivity contribution in [2.45, 2.75) is 13.5 Å². The molecular formula is C14H13N5O. The van der Waals surface area contributed by atoms with E-state index in [1.54, 1.807) is 6.20 Å². The summed E-state index contributed by atoms with van der Waals surface area (Å²) >= 11 is 0. The summed E-state index contributed by atoms with van der Waals surface area (Å²) in [4.78, 5) is 16.7. The molecule has 2 N–H and O–H groups in total. The van der Waals surface area contributed by atoms with Gasteiger partial charge in [0.15, 0.2) is 11.2 Å². The molecule has 0 aliphatic carbocycles. The van der Waals surface area contributed by atoms with Crippen LogP contribution in [-0.2, 0) is 6.61 Å². The van der Waals surface area contributed by atoms with Gasteiger partial charge in [-0.05, 0) is 12.5 Å². The van der Waals surface area contributed by atoms with E-state index in [0.717, 1.165) is 11.3 Å². The highest BCUT2D eigenvalue weighted by Crippen LogP contribution is 2.20. The van der Waals surface area contributed by atoms with Crippen molar-refractivity contribution in [3.05, 3.63) is 47.8 Å². The lowest BCUT2D eigenvalue weighted by Crippen LogP contribution is -2.04. The summed E-state index contributed by atoms with van der Waals surface area (Å²) in [7, 11) is 0. The summed E-state index contributed by atoms with van der Waals surface area (Å²) in [5.41, 5.74) is 8.44. The standard InChI is InChI=1S/C14H13N5O/c1-9-7-16-11-12(17-9)18-14(15)19-13(11)20-8-10-5-3-2-4-6-10/h2-7H,8H2,1H3,(H2,15,17,18,19). The minimum atomic E-state index is 0.125. The number of nitrogen functional groups attached to an aromatic ring is 1. The van der Waals surface area contributed by atoms with E-state index in [-0.39, 0.29) is 5.95 Å². The minimum Gasteiger partial charge on any atom is -0.471 e. The van der Waals surface area contributed by atoms with Crippen LogP contribution in [0, 0.1) is 6.92 Å². The van der Waals surface area contributed by atoms with E-state index < -0.39 is 0 Å². The van der Waals surface area contributed by atoms with Crippen LogP contribution in [0.15, 0.2) is 36.5 Å². The van der Waals surface area contributed by atoms with Gasteiger partial charge in [-0.1, -0.05) is 30.3 Å². The fourth-order valence-corrected chi connectivity index (χ4v) is 1.81. The zero-order chi connectivity index (χ0) is 13.9. The molecule has 6 heteroatoms. The molecule has 0 saturated carbocycles. The molecule has 3 rings (SSSR count). The second kappa shape index (κ2) is 5.08. The molecule has 0 radical (unpaired) electrons. The quantitative estimate of drug-likeness (QED) is 0.779. The highest BCUT2D eigenvalue weighted by molar-refractivity contribution is 5.76. The van der Waals surface area contributed by atoms with E-state index in [0.29, 0.717) is 23.7 Å². The molecule has 0 bridgehead atoms. The van der Waals surface area contributed by atoms with Gasteiger partial charge in [0, 0.05) is 6.20 Å². The second-order valence-electron chi connectivity index (χ2n) is 4.34. The van der Waals surface area contributed by atoms with E-state index in [2.05, 4.69) is 19.9 Å². The summed E-state index contributed by atoms with van der Waals surface area (Å²) in [5.74, 6) is 0.476. The van der Waals surface area contributed by atoms with Crippen LogP contribution < -0.4 is 10.5 Å². The highest BCUT2D eigenvalue weighted by atomic mass is 16.5. The molecule has 0 fully saturated rings. The van der Waals surface area contributed by atoms with Gasteiger partial charge in [0.2, 0.25) is 11.8 Å². The van der Waals surface area contributed by atoms with Crippen LogP contribution in [0.3, 0.4) is 0 Å². The van der Waals surface area contributed by atoms with E-state index in [9.17, 15) is 0 Å². The summed E-state index contributed by atoms with van der Waals surface area (Å²) in [6, 6.07) is 9.81. The largest absolute Gasteiger partial charge is 0.471 e. The van der Waals surface area contributed by atoms with Crippen molar-refractivity contribution < 1.29 is 4.74 Å². The Morgan fingerprint density at radius 1 is 1.10 bits per heavy atom. The molecule has 20 heavy (non-hydrogen) atoms. The lowest BCUT2D eigenvalue weighted by Gasteiger charge is -2.08. The van der Waals surface area contributed by atoms with Gasteiger partial charge < -0.3 is 10.5 Å². The maximum Gasteiger partial charge on any atom is 0.247 e. The summed E-state index contributed by atoms with van der Waals surface area (Å²) in [6.07, 6.45) is 1.65. The number of aryl methyl sites for hydroxylation is 1. The molecule has 0 atom stereocenters. The van der Waals surface area contributed by atoms with Gasteiger partial charge >= 0.3 is 0 Å². The first-order valence-corrected chi connectivity index (χ1v) is 6.16. The summed E-state index contributed by atoms with van der Waals surface area (Å²) in [5, 5.41) is 0. The lowest BCUT2D eigenvalue weighted by molar-refractivity contribution is 0.297. The number of fused-ring (bicyclic) bond motifs is 1. The maximum atomic E-state index is 5.69. The normalized spacial score (nSPS) is 10.7. The minimum absolute atomic E-state index is 0.125. The van der Waals surface area contributed by atoms with E-state index in [1.165, 1.54) is 0 Å². The van der Waals surface area contributed by atoms with Crippen LogP contribution in [0.2, 0.25) is 0 Å². The van der Waals surface area contributed by atoms with Crippen molar-refractivity contribution in [2.75, 3.05) is 5.73 Å². The van der Waals surface area contributed by atoms with Gasteiger partial charge in [0.25, 0.3) is 0 Å². The molecule has 0 spiro atoms. The average Bonchev–Trinajstić information content (AvgIpc) is 2.45. The van der Waals surface area contributed by atoms with E-state index in [1.807, 2.05) is 37.3 Å². The lowest BCUT2D eigenvalue weighted by atomic mass is 10.2. The highest BCUT2D eigenvalue weighted by Gasteiger charge is 2.10. The van der Waals surface area contributed by atoms with Crippen molar-refractivity contribution >= 4 is 17.1 Å². The third-order valence-corrected chi connectivity index (χ3v) is 2.73. The Morgan fingerprint density at radius 2 is 1.90 bits per heavy atom. The molecule has 1 aromatic carbocycles. The number of anilines is 1. The van der Waals surface area contributed by atoms with Gasteiger partial charge in [0.05, 0.1) is 5.69 Å². The number of nitrogens with two attached hydrogens (primary N) is 1. The number of benzene rings is 1. The molecule has 0 saturated heterocycles. The van der Waals surface area contributed by atoms with Crippen LogP contribution in [0.4, 0.5) is 5.95 Å². The Labute approximate surface area is 115 Å². The maximum absolute atomic E-state index is 5.69. The van der Waals surface area contributed by atoms with Crippen LogP contribution in [-0.4, -0.2) is 19.9 Å². The predicted octanol–water partition coefficient (Wildman–Crippen LogP) is 1.89. The van der Waals surface area contributed by atoms with Crippen LogP contribution >= 0.6 is 0 Å². The fraction of sp³-hybridized carbons (Fsp3) is 0.143. The molecular weight excluding hydrogens is 254 g/mol. The Kier molecular flexibility index (Phi) is 3.12. The molecule has 2 heterocycles. The van der Waals surface area contributed by atoms with Crippen molar-refractivity contribution in [1.82, 2.24) is 19.9 Å². The van der Waals surface area contributed by atoms with E-state index >= 15 is 0 Å². The third-order valence-electron chi connectivity index (χ3n) is 2.73. The Morgan fingerprint density at radius 3 is 2.70 bits per heavy atom. The number of aromatic nitrogens is 4. The van der Waals surface area contributed by atoms with Crippen LogP contribution in [0.1, 0.15) is 11.3 Å². The first kappa shape index (κ1) is 12.3. The van der Waals surface area contributed by atoms with Crippen molar-refractivity contribution in [1.29, 1.82) is 0 Å². The fourth-order valence-electron chi connectivity index (χ4n) is 1.81. The van der Waals surface area contributed by atoms with Crippen LogP contribution in [0.25, 0.3) is 11.2 Å². The van der Waals surface area contributed by atoms with Crippen molar-refractivity contribution in [3.8, 4) is 5.88 Å². The molecule has 0 aliphatic rings. The van der Waals surface area contributed by atoms with Gasteiger partial charge in [-0.15, -0.1) is 0 Å². The Balaban J connectivity index is 1.94. The number of rotatable bonds is 3. The number of hydrogen-bond donors (Lipinski definition) is 1. The van der Waals surface area contributed by atoms with Crippen molar-refractivity contribution in [2.24, 2.45) is 0 Å². The van der Waals surface area contributed by atoms with E-state index in [4.69, 9.17) is 10.5 Å². The topological polar surface area (TPSA) is 86.8 Å². The summed E-state index contributed by atoms with van der Waals surface area (Å²) < 4.78 is 5.69. The number of ether oxygens (including phenoxy) is 1. The Hall–Kier alpha value is -2.76. The predicted molar refractivity (Wildman–Crippen MR) is 75.1 cm³/mol. The van der Waals surface area contributed by atoms with Crippen LogP contribution in [0.5, 0.6) is 5.88 Å². The van der Waals surface area contributed by atoms with Gasteiger partial charge in [0.1, 0.15) is 6.61 Å². The smallest absolute Gasteiger partial charge is 0.247 e. The summed E-state index contributed by atoms with van der Waals surface area (Å²) in [6.45, 7) is 2.23. The molecule has 2 aromatic heterocycles. The average molecular weight is 267 g/mol. The SMILES string of the molecule is Cc1cnc2c(OCc3ccccc3)nc(N)nc2n1. The zero-order valence-corrected chi connectivity index (χ0v) is 10.9. The number of hydrogen-bond acceptors (Lipinski definition) is 6. The second-order valence-corrected chi connectivity index (χ2v) is 4.34. The molecule has 0 aliphatic heterocycles. The van der Waals surface area contributed by atoms with Crippen molar-refractivity contribution in [3.63, 3.8) is 0 Å². The van der Waals surface area contributed by atoms with Gasteiger partial charge in [-0.3, -0.25) is 0 Å². The first-order valence-electron chi connectivity index (χ1n) is 6.16. The number of nitrogens with zero attached hydrogens (tertiary/aromatic N) is 4. The molecule has 6 nitrogen and oxygen atoms in total. The molecule has 0 unspecified atom stereocenters. The monoisotopic (exact) mass is 267 g/mol. The molecule has 0 amide bonds. The molecule has 100 valence electrons.